The fourth-order valence-corrected chi connectivity index (χ4v) is 1.54. The van der Waals surface area contributed by atoms with Gasteiger partial charge in [0.15, 0.2) is 0 Å². The molecule has 2 N–H and O–H groups in total. The van der Waals surface area contributed by atoms with Crippen LogP contribution >= 0.6 is 0 Å². The van der Waals surface area contributed by atoms with Gasteiger partial charge in [-0.3, -0.25) is 5.26 Å². The largest absolute Gasteiger partial charge is 0.573 e. The van der Waals surface area contributed by atoms with Gasteiger partial charge in [-0.15, -0.1) is 13.2 Å². The third kappa shape index (κ3) is 2.95. The summed E-state index contributed by atoms with van der Waals surface area (Å²) in [4.78, 5) is 15.2. The molecule has 1 heterocycles. The van der Waals surface area contributed by atoms with Crippen LogP contribution in [-0.4, -0.2) is 31.8 Å². The first-order chi connectivity index (χ1) is 9.42. The lowest BCUT2D eigenvalue weighted by Gasteiger charge is -2.14. The number of benzene rings is 1. The standard InChI is InChI=1S/C9H7F3N4O4/c10-9(11,12)20-7-3-1-2-6(5(7)4-19-18)16-8(17)13-14-15-16/h1-3,18H,4H2,(H,13,15,17). The van der Waals surface area contributed by atoms with Crippen LogP contribution in [0.2, 0.25) is 0 Å². The first kappa shape index (κ1) is 14.0. The number of rotatable bonds is 4. The van der Waals surface area contributed by atoms with Crippen LogP contribution in [0.5, 0.6) is 5.75 Å². The fraction of sp³-hybridized carbons (Fsp3) is 0.222. The Balaban J connectivity index is 2.55. The number of hydrogen-bond acceptors (Lipinski definition) is 6. The molecule has 0 aliphatic rings. The van der Waals surface area contributed by atoms with Gasteiger partial charge in [0.1, 0.15) is 12.4 Å². The quantitative estimate of drug-likeness (QED) is 0.639. The highest BCUT2D eigenvalue weighted by atomic mass is 19.4. The van der Waals surface area contributed by atoms with Crippen LogP contribution in [-0.2, 0) is 11.5 Å². The molecule has 1 aromatic carbocycles. The smallest absolute Gasteiger partial charge is 0.405 e. The number of alkyl halides is 3. The van der Waals surface area contributed by atoms with Crippen LogP contribution in [0.3, 0.4) is 0 Å². The van der Waals surface area contributed by atoms with Crippen LogP contribution in [0.15, 0.2) is 23.0 Å². The van der Waals surface area contributed by atoms with Crippen molar-refractivity contribution in [2.45, 2.75) is 13.0 Å². The van der Waals surface area contributed by atoms with Gasteiger partial charge < -0.3 is 4.74 Å². The zero-order valence-corrected chi connectivity index (χ0v) is 9.59. The van der Waals surface area contributed by atoms with E-state index in [-0.39, 0.29) is 11.3 Å². The molecule has 2 rings (SSSR count). The molecule has 0 atom stereocenters. The summed E-state index contributed by atoms with van der Waals surface area (Å²) in [7, 11) is 0. The van der Waals surface area contributed by atoms with Crippen molar-refractivity contribution in [3.8, 4) is 11.4 Å². The second kappa shape index (κ2) is 5.30. The van der Waals surface area contributed by atoms with Gasteiger partial charge in [-0.2, -0.15) is 4.68 Å². The molecular formula is C9H7F3N4O4. The predicted molar refractivity (Wildman–Crippen MR) is 56.1 cm³/mol. The van der Waals surface area contributed by atoms with E-state index in [1.54, 1.807) is 0 Å². The molecule has 0 amide bonds. The molecule has 0 saturated carbocycles. The van der Waals surface area contributed by atoms with Crippen LogP contribution in [0.1, 0.15) is 5.56 Å². The molecule has 0 spiro atoms. The van der Waals surface area contributed by atoms with E-state index in [9.17, 15) is 18.0 Å². The molecule has 108 valence electrons. The highest BCUT2D eigenvalue weighted by molar-refractivity contribution is 5.48. The van der Waals surface area contributed by atoms with Crippen molar-refractivity contribution in [2.24, 2.45) is 0 Å². The van der Waals surface area contributed by atoms with Gasteiger partial charge >= 0.3 is 12.1 Å². The van der Waals surface area contributed by atoms with Gasteiger partial charge in [-0.1, -0.05) is 6.07 Å². The Hall–Kier alpha value is -2.40. The maximum Gasteiger partial charge on any atom is 0.573 e. The Morgan fingerprint density at radius 3 is 2.70 bits per heavy atom. The summed E-state index contributed by atoms with van der Waals surface area (Å²) in [5.41, 5.74) is -1.06. The molecule has 0 bridgehead atoms. The molecule has 0 aliphatic carbocycles. The highest BCUT2D eigenvalue weighted by Crippen LogP contribution is 2.30. The number of H-pyrrole nitrogens is 1. The molecule has 0 unspecified atom stereocenters. The van der Waals surface area contributed by atoms with Crippen LogP contribution in [0.4, 0.5) is 13.2 Å². The van der Waals surface area contributed by atoms with Gasteiger partial charge in [0.05, 0.1) is 5.69 Å². The summed E-state index contributed by atoms with van der Waals surface area (Å²) in [6, 6.07) is 3.52. The SMILES string of the molecule is O=c1[nH]nnn1-c1cccc(OC(F)(F)F)c1COO. The molecule has 0 radical (unpaired) electrons. The average molecular weight is 292 g/mol. The van der Waals surface area contributed by atoms with Crippen molar-refractivity contribution < 1.29 is 28.1 Å². The Morgan fingerprint density at radius 1 is 1.40 bits per heavy atom. The minimum absolute atomic E-state index is 0.0699. The summed E-state index contributed by atoms with van der Waals surface area (Å²) < 4.78 is 41.4. The van der Waals surface area contributed by atoms with Gasteiger partial charge in [0.2, 0.25) is 0 Å². The lowest BCUT2D eigenvalue weighted by atomic mass is 10.1. The maximum atomic E-state index is 12.3. The van der Waals surface area contributed by atoms with Crippen LogP contribution in [0, 0.1) is 0 Å². The number of aromatic amines is 1. The number of nitrogens with one attached hydrogen (secondary N) is 1. The summed E-state index contributed by atoms with van der Waals surface area (Å²) in [6.07, 6.45) is -4.93. The number of hydrogen-bond donors (Lipinski definition) is 2. The van der Waals surface area contributed by atoms with Crippen molar-refractivity contribution in [1.82, 2.24) is 20.2 Å². The fourth-order valence-electron chi connectivity index (χ4n) is 1.54. The lowest BCUT2D eigenvalue weighted by molar-refractivity contribution is -0.277. The Labute approximate surface area is 108 Å². The summed E-state index contributed by atoms with van der Waals surface area (Å²) in [5.74, 6) is -0.626. The van der Waals surface area contributed by atoms with E-state index in [0.29, 0.717) is 4.68 Å². The minimum atomic E-state index is -4.93. The van der Waals surface area contributed by atoms with E-state index in [1.807, 2.05) is 5.10 Å². The van der Waals surface area contributed by atoms with Crippen molar-refractivity contribution >= 4 is 0 Å². The average Bonchev–Trinajstić information content (AvgIpc) is 2.76. The molecule has 0 aliphatic heterocycles. The van der Waals surface area contributed by atoms with Gasteiger partial charge in [-0.25, -0.2) is 14.8 Å². The number of ether oxygens (including phenoxy) is 1. The third-order valence-corrected chi connectivity index (χ3v) is 2.24. The Morgan fingerprint density at radius 2 is 2.15 bits per heavy atom. The predicted octanol–water partition coefficient (Wildman–Crippen LogP) is 0.844. The van der Waals surface area contributed by atoms with Crippen molar-refractivity contribution in [1.29, 1.82) is 0 Å². The Kier molecular flexibility index (Phi) is 3.72. The normalized spacial score (nSPS) is 11.6. The van der Waals surface area contributed by atoms with Crippen molar-refractivity contribution in [2.75, 3.05) is 0 Å². The van der Waals surface area contributed by atoms with E-state index in [1.165, 1.54) is 12.1 Å². The van der Waals surface area contributed by atoms with Gasteiger partial charge in [-0.05, 0) is 22.6 Å². The van der Waals surface area contributed by atoms with Gasteiger partial charge in [0, 0.05) is 5.56 Å². The molecule has 1 aromatic heterocycles. The van der Waals surface area contributed by atoms with E-state index in [0.717, 1.165) is 6.07 Å². The molecular weight excluding hydrogens is 285 g/mol. The third-order valence-electron chi connectivity index (χ3n) is 2.24. The number of halogens is 3. The number of nitrogens with zero attached hydrogens (tertiary/aromatic N) is 3. The summed E-state index contributed by atoms with van der Waals surface area (Å²) >= 11 is 0. The van der Waals surface area contributed by atoms with E-state index in [2.05, 4.69) is 20.1 Å². The molecule has 20 heavy (non-hydrogen) atoms. The van der Waals surface area contributed by atoms with E-state index >= 15 is 0 Å². The van der Waals surface area contributed by atoms with E-state index < -0.39 is 24.4 Å². The number of aromatic nitrogens is 4. The Bertz CT molecular complexity index is 651. The monoisotopic (exact) mass is 292 g/mol. The summed E-state index contributed by atoms with van der Waals surface area (Å²) in [6.45, 7) is -0.638. The molecule has 8 nitrogen and oxygen atoms in total. The second-order valence-electron chi connectivity index (χ2n) is 3.49. The highest BCUT2D eigenvalue weighted by Gasteiger charge is 2.32. The summed E-state index contributed by atoms with van der Waals surface area (Å²) in [5, 5.41) is 17.1. The van der Waals surface area contributed by atoms with Gasteiger partial charge in [0.25, 0.3) is 0 Å². The van der Waals surface area contributed by atoms with Crippen molar-refractivity contribution in [3.05, 3.63) is 34.2 Å². The first-order valence-electron chi connectivity index (χ1n) is 5.07. The second-order valence-corrected chi connectivity index (χ2v) is 3.49. The van der Waals surface area contributed by atoms with Crippen LogP contribution < -0.4 is 10.4 Å². The minimum Gasteiger partial charge on any atom is -0.405 e. The van der Waals surface area contributed by atoms with Crippen molar-refractivity contribution in [3.63, 3.8) is 0 Å². The van der Waals surface area contributed by atoms with Crippen LogP contribution in [0.25, 0.3) is 5.69 Å². The maximum absolute atomic E-state index is 12.3. The topological polar surface area (TPSA) is 102 Å². The number of tetrazole rings is 1. The lowest BCUT2D eigenvalue weighted by Crippen LogP contribution is -2.21. The molecule has 0 fully saturated rings. The van der Waals surface area contributed by atoms with E-state index in [4.69, 9.17) is 5.26 Å². The molecule has 11 heteroatoms. The molecule has 2 aromatic rings. The molecule has 0 saturated heterocycles. The zero-order valence-electron chi connectivity index (χ0n) is 9.59. The first-order valence-corrected chi connectivity index (χ1v) is 5.07. The zero-order chi connectivity index (χ0) is 14.8.